The molecule has 1 unspecified atom stereocenters. The molecule has 0 radical (unpaired) electrons. The van der Waals surface area contributed by atoms with E-state index < -0.39 is 12.0 Å². The lowest BCUT2D eigenvalue weighted by atomic mass is 9.98. The summed E-state index contributed by atoms with van der Waals surface area (Å²) in [7, 11) is 0. The van der Waals surface area contributed by atoms with Crippen molar-refractivity contribution in [3.05, 3.63) is 107 Å². The Balaban J connectivity index is 1.67. The maximum atomic E-state index is 14.1. The van der Waals surface area contributed by atoms with Crippen molar-refractivity contribution in [3.63, 3.8) is 0 Å². The molecule has 0 bridgehead atoms. The first-order valence-electron chi connectivity index (χ1n) is 9.30. The third-order valence-electron chi connectivity index (χ3n) is 5.15. The highest BCUT2D eigenvalue weighted by molar-refractivity contribution is 7.80. The summed E-state index contributed by atoms with van der Waals surface area (Å²) in [5, 5.41) is 3.25. The molecule has 0 amide bonds. The molecule has 3 nitrogen and oxygen atoms in total. The number of ether oxygens (including phenoxy) is 1. The van der Waals surface area contributed by atoms with E-state index in [1.54, 1.807) is 35.2 Å². The van der Waals surface area contributed by atoms with E-state index in [1.807, 2.05) is 0 Å². The van der Waals surface area contributed by atoms with Gasteiger partial charge in [-0.15, -0.1) is 0 Å². The maximum absolute atomic E-state index is 14.1. The van der Waals surface area contributed by atoms with E-state index in [0.717, 1.165) is 5.56 Å². The van der Waals surface area contributed by atoms with Crippen LogP contribution in [0, 0.1) is 17.5 Å². The highest BCUT2D eigenvalue weighted by Gasteiger charge is 2.37. The minimum atomic E-state index is -0.541. The van der Waals surface area contributed by atoms with Crippen molar-refractivity contribution >= 4 is 22.9 Å². The minimum Gasteiger partial charge on any atom is -0.440 e. The number of benzene rings is 3. The largest absolute Gasteiger partial charge is 0.440 e. The number of fused-ring (bicyclic) bond motifs is 1. The summed E-state index contributed by atoms with van der Waals surface area (Å²) >= 11 is 5.58. The number of hydrogen-bond donors (Lipinski definition) is 1. The molecule has 0 aliphatic carbocycles. The molecule has 150 valence electrons. The van der Waals surface area contributed by atoms with Crippen LogP contribution in [0.1, 0.15) is 17.3 Å². The first kappa shape index (κ1) is 18.7. The van der Waals surface area contributed by atoms with Crippen LogP contribution in [0.25, 0.3) is 0 Å². The molecule has 0 spiro atoms. The van der Waals surface area contributed by atoms with Crippen molar-refractivity contribution < 1.29 is 17.9 Å². The van der Waals surface area contributed by atoms with Gasteiger partial charge in [-0.1, -0.05) is 30.4 Å². The molecule has 30 heavy (non-hydrogen) atoms. The van der Waals surface area contributed by atoms with Crippen LogP contribution in [0.2, 0.25) is 0 Å². The van der Waals surface area contributed by atoms with Gasteiger partial charge < -0.3 is 10.1 Å². The summed E-state index contributed by atoms with van der Waals surface area (Å²) in [6.45, 7) is 0. The Morgan fingerprint density at radius 3 is 2.40 bits per heavy atom. The number of hydrogen-bond acceptors (Lipinski definition) is 3. The van der Waals surface area contributed by atoms with E-state index in [1.165, 1.54) is 36.4 Å². The average molecular weight is 424 g/mol. The Labute approximate surface area is 176 Å². The number of thiocarbonyl (C=S) groups is 1. The van der Waals surface area contributed by atoms with E-state index in [-0.39, 0.29) is 11.6 Å². The number of anilines is 1. The van der Waals surface area contributed by atoms with Gasteiger partial charge in [0.2, 0.25) is 5.88 Å². The Morgan fingerprint density at radius 2 is 1.63 bits per heavy atom. The average Bonchev–Trinajstić information content (AvgIpc) is 2.73. The Bertz CT molecular complexity index is 1190. The number of halogens is 3. The lowest BCUT2D eigenvalue weighted by Gasteiger charge is -2.42. The molecule has 0 saturated carbocycles. The summed E-state index contributed by atoms with van der Waals surface area (Å²) in [5.41, 5.74) is 2.61. The Kier molecular flexibility index (Phi) is 4.47. The van der Waals surface area contributed by atoms with Crippen molar-refractivity contribution in [2.75, 3.05) is 4.90 Å². The standard InChI is InChI=1S/C23H15F3N2OS/c24-15-6-4-13(5-7-15)21-27-22(30)19-11-14-10-17(26)8-9-20(14)29-23(19)28(21)18-3-1-2-16(25)12-18/h1-10,12,21H,11H2,(H,27,30). The summed E-state index contributed by atoms with van der Waals surface area (Å²) in [6.07, 6.45) is -0.170. The monoisotopic (exact) mass is 424 g/mol. The molecule has 1 atom stereocenters. The number of rotatable bonds is 2. The second-order valence-corrected chi connectivity index (χ2v) is 7.50. The minimum absolute atomic E-state index is 0.359. The SMILES string of the molecule is Fc1ccc(C2NC(=S)C3=C(Oc4ccc(F)cc4C3)N2c2cccc(F)c2)cc1. The molecule has 7 heteroatoms. The van der Waals surface area contributed by atoms with Gasteiger partial charge in [0.1, 0.15) is 34.4 Å². The Hall–Kier alpha value is -3.32. The van der Waals surface area contributed by atoms with E-state index in [0.29, 0.717) is 39.9 Å². The number of nitrogens with one attached hydrogen (secondary N) is 1. The van der Waals surface area contributed by atoms with Crippen LogP contribution in [-0.2, 0) is 6.42 Å². The molecule has 5 rings (SSSR count). The molecular formula is C23H15F3N2OS. The fourth-order valence-electron chi connectivity index (χ4n) is 3.75. The molecule has 0 aromatic heterocycles. The highest BCUT2D eigenvalue weighted by atomic mass is 32.1. The molecule has 0 fully saturated rings. The van der Waals surface area contributed by atoms with Crippen molar-refractivity contribution in [2.24, 2.45) is 0 Å². The van der Waals surface area contributed by atoms with Gasteiger partial charge in [0.15, 0.2) is 0 Å². The van der Waals surface area contributed by atoms with Crippen LogP contribution >= 0.6 is 12.2 Å². The molecule has 2 aliphatic heterocycles. The lowest BCUT2D eigenvalue weighted by molar-refractivity contribution is 0.358. The molecule has 3 aromatic carbocycles. The Morgan fingerprint density at radius 1 is 0.900 bits per heavy atom. The van der Waals surface area contributed by atoms with Gasteiger partial charge in [0, 0.05) is 17.7 Å². The van der Waals surface area contributed by atoms with Crippen molar-refractivity contribution in [3.8, 4) is 5.75 Å². The van der Waals surface area contributed by atoms with Gasteiger partial charge >= 0.3 is 0 Å². The van der Waals surface area contributed by atoms with E-state index in [9.17, 15) is 13.2 Å². The van der Waals surface area contributed by atoms with Crippen molar-refractivity contribution in [2.45, 2.75) is 12.6 Å². The zero-order valence-electron chi connectivity index (χ0n) is 15.5. The zero-order valence-corrected chi connectivity index (χ0v) is 16.3. The zero-order chi connectivity index (χ0) is 20.8. The van der Waals surface area contributed by atoms with Gasteiger partial charge in [-0.2, -0.15) is 0 Å². The first-order valence-corrected chi connectivity index (χ1v) is 9.71. The van der Waals surface area contributed by atoms with Crippen LogP contribution in [0.3, 0.4) is 0 Å². The third-order valence-corrected chi connectivity index (χ3v) is 5.51. The highest BCUT2D eigenvalue weighted by Crippen LogP contribution is 2.40. The van der Waals surface area contributed by atoms with Gasteiger partial charge in [0.05, 0.1) is 5.57 Å². The van der Waals surface area contributed by atoms with Crippen LogP contribution in [0.5, 0.6) is 5.75 Å². The summed E-state index contributed by atoms with van der Waals surface area (Å²) in [4.78, 5) is 2.23. The predicted octanol–water partition coefficient (Wildman–Crippen LogP) is 5.39. The molecule has 2 aliphatic rings. The second-order valence-electron chi connectivity index (χ2n) is 7.09. The molecule has 3 aromatic rings. The molecule has 0 saturated heterocycles. The smallest absolute Gasteiger partial charge is 0.208 e. The van der Waals surface area contributed by atoms with Crippen molar-refractivity contribution in [1.29, 1.82) is 0 Å². The van der Waals surface area contributed by atoms with Gasteiger partial charge in [-0.3, -0.25) is 4.90 Å². The normalized spacial score (nSPS) is 17.8. The van der Waals surface area contributed by atoms with Crippen LogP contribution in [0.4, 0.5) is 18.9 Å². The van der Waals surface area contributed by atoms with Crippen molar-refractivity contribution in [1.82, 2.24) is 5.32 Å². The quantitative estimate of drug-likeness (QED) is 0.558. The third kappa shape index (κ3) is 3.21. The summed E-state index contributed by atoms with van der Waals surface area (Å²) in [6, 6.07) is 16.4. The fraction of sp³-hybridized carbons (Fsp3) is 0.0870. The molecular weight excluding hydrogens is 409 g/mol. The lowest BCUT2D eigenvalue weighted by Crippen LogP contribution is -2.49. The second kappa shape index (κ2) is 7.18. The predicted molar refractivity (Wildman–Crippen MR) is 112 cm³/mol. The summed E-state index contributed by atoms with van der Waals surface area (Å²) < 4.78 is 47.4. The maximum Gasteiger partial charge on any atom is 0.208 e. The van der Waals surface area contributed by atoms with Crippen LogP contribution in [-0.4, -0.2) is 4.99 Å². The number of nitrogens with zero attached hydrogens (tertiary/aromatic N) is 1. The summed E-state index contributed by atoms with van der Waals surface area (Å²) in [5.74, 6) is -0.169. The van der Waals surface area contributed by atoms with Crippen LogP contribution in [0.15, 0.2) is 78.2 Å². The van der Waals surface area contributed by atoms with E-state index in [2.05, 4.69) is 5.32 Å². The first-order chi connectivity index (χ1) is 14.5. The van der Waals surface area contributed by atoms with Crippen LogP contribution < -0.4 is 15.0 Å². The fourth-order valence-corrected chi connectivity index (χ4v) is 4.02. The topological polar surface area (TPSA) is 24.5 Å². The van der Waals surface area contributed by atoms with E-state index >= 15 is 0 Å². The van der Waals surface area contributed by atoms with Gasteiger partial charge in [-0.05, 0) is 54.1 Å². The van der Waals surface area contributed by atoms with Gasteiger partial charge in [-0.25, -0.2) is 13.2 Å². The molecule has 1 N–H and O–H groups in total. The molecule has 2 heterocycles. The van der Waals surface area contributed by atoms with E-state index in [4.69, 9.17) is 17.0 Å². The van der Waals surface area contributed by atoms with Gasteiger partial charge in [0.25, 0.3) is 0 Å².